The summed E-state index contributed by atoms with van der Waals surface area (Å²) >= 11 is 0. The first-order valence-corrected chi connectivity index (χ1v) is 7.62. The largest absolute Gasteiger partial charge is 0.465 e. The number of esters is 1. The van der Waals surface area contributed by atoms with E-state index in [0.29, 0.717) is 6.61 Å². The lowest BCUT2D eigenvalue weighted by molar-refractivity contribution is -0.151. The van der Waals surface area contributed by atoms with Crippen LogP contribution in [-0.4, -0.2) is 12.6 Å². The van der Waals surface area contributed by atoms with Crippen LogP contribution in [0.25, 0.3) is 0 Å². The summed E-state index contributed by atoms with van der Waals surface area (Å²) in [4.78, 5) is 11.4. The van der Waals surface area contributed by atoms with Crippen molar-refractivity contribution in [3.05, 3.63) is 12.7 Å². The maximum Gasteiger partial charge on any atom is 0.308 e. The predicted octanol–water partition coefficient (Wildman–Crippen LogP) is 4.64. The molecule has 1 aliphatic carbocycles. The fourth-order valence-corrected chi connectivity index (χ4v) is 2.21. The van der Waals surface area contributed by atoms with Gasteiger partial charge in [0.05, 0.1) is 12.5 Å². The van der Waals surface area contributed by atoms with Crippen molar-refractivity contribution >= 4 is 5.97 Å². The Morgan fingerprint density at radius 3 is 2.22 bits per heavy atom. The molecule has 1 saturated carbocycles. The van der Waals surface area contributed by atoms with E-state index in [2.05, 4.69) is 6.58 Å². The highest BCUT2D eigenvalue weighted by Crippen LogP contribution is 2.27. The second-order valence-corrected chi connectivity index (χ2v) is 5.35. The SMILES string of the molecule is C=CCCCCCCCCCOC(=O)C1CCC1. The molecule has 2 heteroatoms. The number of carbonyl (C=O) groups is 1. The molecular formula is C16H28O2. The minimum absolute atomic E-state index is 0.0469. The van der Waals surface area contributed by atoms with E-state index in [1.165, 1.54) is 44.9 Å². The minimum atomic E-state index is 0.0469. The van der Waals surface area contributed by atoms with Gasteiger partial charge in [0, 0.05) is 0 Å². The highest BCUT2D eigenvalue weighted by molar-refractivity contribution is 5.73. The average Bonchev–Trinajstić information content (AvgIpc) is 2.29. The van der Waals surface area contributed by atoms with Gasteiger partial charge in [-0.2, -0.15) is 0 Å². The Labute approximate surface area is 112 Å². The summed E-state index contributed by atoms with van der Waals surface area (Å²) in [6.07, 6.45) is 15.2. The quantitative estimate of drug-likeness (QED) is 0.304. The van der Waals surface area contributed by atoms with Gasteiger partial charge in [-0.1, -0.05) is 44.6 Å². The van der Waals surface area contributed by atoms with Crippen molar-refractivity contribution in [3.63, 3.8) is 0 Å². The van der Waals surface area contributed by atoms with Crippen molar-refractivity contribution in [3.8, 4) is 0 Å². The number of unbranched alkanes of at least 4 members (excludes halogenated alkanes) is 7. The highest BCUT2D eigenvalue weighted by Gasteiger charge is 2.26. The maximum absolute atomic E-state index is 11.4. The average molecular weight is 252 g/mol. The van der Waals surface area contributed by atoms with Crippen LogP contribution in [0.4, 0.5) is 0 Å². The van der Waals surface area contributed by atoms with Crippen LogP contribution in [0, 0.1) is 5.92 Å². The van der Waals surface area contributed by atoms with Crippen LogP contribution >= 0.6 is 0 Å². The summed E-state index contributed by atoms with van der Waals surface area (Å²) in [6, 6.07) is 0. The second kappa shape index (κ2) is 10.2. The summed E-state index contributed by atoms with van der Waals surface area (Å²) in [7, 11) is 0. The Bertz CT molecular complexity index is 231. The van der Waals surface area contributed by atoms with E-state index in [9.17, 15) is 4.79 Å². The Hall–Kier alpha value is -0.790. The van der Waals surface area contributed by atoms with Gasteiger partial charge in [-0.25, -0.2) is 0 Å². The smallest absolute Gasteiger partial charge is 0.308 e. The maximum atomic E-state index is 11.4. The summed E-state index contributed by atoms with van der Waals surface area (Å²) < 4.78 is 5.26. The van der Waals surface area contributed by atoms with Gasteiger partial charge in [0.2, 0.25) is 0 Å². The number of carbonyl (C=O) groups excluding carboxylic acids is 1. The molecule has 0 amide bonds. The fourth-order valence-electron chi connectivity index (χ4n) is 2.21. The highest BCUT2D eigenvalue weighted by atomic mass is 16.5. The van der Waals surface area contributed by atoms with Gasteiger partial charge in [0.25, 0.3) is 0 Å². The van der Waals surface area contributed by atoms with Crippen molar-refractivity contribution in [2.24, 2.45) is 5.92 Å². The number of allylic oxidation sites excluding steroid dienone is 1. The van der Waals surface area contributed by atoms with Crippen LogP contribution in [0.1, 0.15) is 70.6 Å². The lowest BCUT2D eigenvalue weighted by atomic mass is 9.86. The van der Waals surface area contributed by atoms with E-state index in [1.807, 2.05) is 6.08 Å². The lowest BCUT2D eigenvalue weighted by Gasteiger charge is -2.22. The Kier molecular flexibility index (Phi) is 8.62. The third-order valence-electron chi connectivity index (χ3n) is 3.74. The molecule has 0 aromatic carbocycles. The molecule has 1 rings (SSSR count). The van der Waals surface area contributed by atoms with Crippen LogP contribution in [0.3, 0.4) is 0 Å². The molecule has 104 valence electrons. The molecule has 1 fully saturated rings. The van der Waals surface area contributed by atoms with Crippen molar-refractivity contribution in [2.75, 3.05) is 6.61 Å². The number of ether oxygens (including phenoxy) is 1. The number of hydrogen-bond acceptors (Lipinski definition) is 2. The normalized spacial score (nSPS) is 15.1. The van der Waals surface area contributed by atoms with Crippen LogP contribution in [0.5, 0.6) is 0 Å². The molecule has 18 heavy (non-hydrogen) atoms. The Balaban J connectivity index is 1.75. The van der Waals surface area contributed by atoms with Gasteiger partial charge < -0.3 is 4.74 Å². The van der Waals surface area contributed by atoms with Gasteiger partial charge in [-0.15, -0.1) is 6.58 Å². The van der Waals surface area contributed by atoms with Gasteiger partial charge in [0.15, 0.2) is 0 Å². The minimum Gasteiger partial charge on any atom is -0.465 e. The fraction of sp³-hybridized carbons (Fsp3) is 0.812. The molecule has 0 aromatic rings. The number of hydrogen-bond donors (Lipinski definition) is 0. The van der Waals surface area contributed by atoms with E-state index in [1.54, 1.807) is 0 Å². The molecular weight excluding hydrogens is 224 g/mol. The first-order valence-electron chi connectivity index (χ1n) is 7.62. The van der Waals surface area contributed by atoms with Crippen molar-refractivity contribution in [2.45, 2.75) is 70.6 Å². The molecule has 2 nitrogen and oxygen atoms in total. The topological polar surface area (TPSA) is 26.3 Å². The van der Waals surface area contributed by atoms with Crippen LogP contribution < -0.4 is 0 Å². The molecule has 0 bridgehead atoms. The van der Waals surface area contributed by atoms with E-state index in [4.69, 9.17) is 4.74 Å². The van der Waals surface area contributed by atoms with Crippen molar-refractivity contribution < 1.29 is 9.53 Å². The monoisotopic (exact) mass is 252 g/mol. The van der Waals surface area contributed by atoms with Crippen LogP contribution in [0.15, 0.2) is 12.7 Å². The Morgan fingerprint density at radius 2 is 1.67 bits per heavy atom. The van der Waals surface area contributed by atoms with Crippen LogP contribution in [-0.2, 0) is 9.53 Å². The van der Waals surface area contributed by atoms with E-state index in [0.717, 1.165) is 25.7 Å². The summed E-state index contributed by atoms with van der Waals surface area (Å²) in [5.41, 5.74) is 0. The first kappa shape index (κ1) is 15.3. The summed E-state index contributed by atoms with van der Waals surface area (Å²) in [5.74, 6) is 0.278. The molecule has 1 aliphatic rings. The first-order chi connectivity index (χ1) is 8.84. The molecule has 0 N–H and O–H groups in total. The van der Waals surface area contributed by atoms with E-state index >= 15 is 0 Å². The number of rotatable bonds is 11. The standard InChI is InChI=1S/C16H28O2/c1-2-3-4-5-6-7-8-9-10-14-18-16(17)15-12-11-13-15/h2,15H,1,3-14H2. The zero-order chi connectivity index (χ0) is 13.1. The third kappa shape index (κ3) is 6.83. The zero-order valence-electron chi connectivity index (χ0n) is 11.7. The molecule has 0 aliphatic heterocycles. The van der Waals surface area contributed by atoms with Crippen molar-refractivity contribution in [1.29, 1.82) is 0 Å². The lowest BCUT2D eigenvalue weighted by Crippen LogP contribution is -2.24. The molecule has 0 radical (unpaired) electrons. The van der Waals surface area contributed by atoms with Crippen LogP contribution in [0.2, 0.25) is 0 Å². The third-order valence-corrected chi connectivity index (χ3v) is 3.74. The zero-order valence-corrected chi connectivity index (χ0v) is 11.7. The molecule has 0 atom stereocenters. The summed E-state index contributed by atoms with van der Waals surface area (Å²) in [6.45, 7) is 4.35. The van der Waals surface area contributed by atoms with Gasteiger partial charge >= 0.3 is 5.97 Å². The Morgan fingerprint density at radius 1 is 1.06 bits per heavy atom. The molecule has 0 aromatic heterocycles. The van der Waals surface area contributed by atoms with Gasteiger partial charge in [0.1, 0.15) is 0 Å². The van der Waals surface area contributed by atoms with Crippen molar-refractivity contribution in [1.82, 2.24) is 0 Å². The molecule has 0 saturated heterocycles. The van der Waals surface area contributed by atoms with Gasteiger partial charge in [-0.05, 0) is 32.1 Å². The second-order valence-electron chi connectivity index (χ2n) is 5.35. The molecule has 0 spiro atoms. The molecule has 0 heterocycles. The van der Waals surface area contributed by atoms with E-state index < -0.39 is 0 Å². The van der Waals surface area contributed by atoms with E-state index in [-0.39, 0.29) is 11.9 Å². The molecule has 0 unspecified atom stereocenters. The van der Waals surface area contributed by atoms with Gasteiger partial charge in [-0.3, -0.25) is 4.79 Å². The predicted molar refractivity (Wildman–Crippen MR) is 75.4 cm³/mol. The summed E-state index contributed by atoms with van der Waals surface area (Å²) in [5, 5.41) is 0.